The standard InChI is InChI=1S/C27H31N5O3S/c1-20-24(36-25(30-20)22-18-28-12-13-29-22)26(34)32-16-11-27(19-32)9-14-31(15-10-27)23(33)8-5-17-35-21-6-3-2-4-7-21/h2-4,6-7,12-13,18H,5,8-11,14-17,19H2,1H3. The molecule has 3 aromatic rings. The number of piperidine rings is 1. The Labute approximate surface area is 215 Å². The number of hydrogen-bond donors (Lipinski definition) is 0. The lowest BCUT2D eigenvalue weighted by molar-refractivity contribution is -0.133. The largest absolute Gasteiger partial charge is 0.494 e. The molecule has 0 atom stereocenters. The van der Waals surface area contributed by atoms with Gasteiger partial charge >= 0.3 is 0 Å². The van der Waals surface area contributed by atoms with Crippen molar-refractivity contribution in [2.45, 2.75) is 39.0 Å². The molecule has 0 unspecified atom stereocenters. The van der Waals surface area contributed by atoms with Crippen LogP contribution in [0.3, 0.4) is 0 Å². The maximum absolute atomic E-state index is 13.3. The highest BCUT2D eigenvalue weighted by Gasteiger charge is 2.43. The normalized spacial score (nSPS) is 16.9. The van der Waals surface area contributed by atoms with Crippen molar-refractivity contribution in [2.75, 3.05) is 32.8 Å². The first-order chi connectivity index (χ1) is 17.5. The molecule has 2 aromatic heterocycles. The topological polar surface area (TPSA) is 88.5 Å². The number of carbonyl (C=O) groups excluding carboxylic acids is 2. The van der Waals surface area contributed by atoms with Crippen LogP contribution in [0.2, 0.25) is 0 Å². The number of aromatic nitrogens is 3. The highest BCUT2D eigenvalue weighted by Crippen LogP contribution is 2.41. The highest BCUT2D eigenvalue weighted by molar-refractivity contribution is 7.17. The van der Waals surface area contributed by atoms with E-state index in [4.69, 9.17) is 4.74 Å². The van der Waals surface area contributed by atoms with Crippen LogP contribution in [0.1, 0.15) is 47.5 Å². The molecule has 0 aliphatic carbocycles. The number of likely N-dealkylation sites (tertiary alicyclic amines) is 2. The fourth-order valence-corrected chi connectivity index (χ4v) is 6.09. The van der Waals surface area contributed by atoms with Crippen molar-refractivity contribution in [3.63, 3.8) is 0 Å². The summed E-state index contributed by atoms with van der Waals surface area (Å²) >= 11 is 1.39. The zero-order chi connectivity index (χ0) is 25.0. The maximum Gasteiger partial charge on any atom is 0.265 e. The second kappa shape index (κ2) is 10.7. The lowest BCUT2D eigenvalue weighted by Crippen LogP contribution is -2.44. The Morgan fingerprint density at radius 3 is 2.53 bits per heavy atom. The summed E-state index contributed by atoms with van der Waals surface area (Å²) in [6, 6.07) is 9.69. The predicted molar refractivity (Wildman–Crippen MR) is 138 cm³/mol. The number of aryl methyl sites for hydroxylation is 1. The third-order valence-electron chi connectivity index (χ3n) is 7.22. The fraction of sp³-hybridized carbons (Fsp3) is 0.444. The summed E-state index contributed by atoms with van der Waals surface area (Å²) < 4.78 is 5.71. The molecule has 0 bridgehead atoms. The van der Waals surface area contributed by atoms with Gasteiger partial charge in [0.25, 0.3) is 5.91 Å². The zero-order valence-corrected chi connectivity index (χ0v) is 21.4. The monoisotopic (exact) mass is 505 g/mol. The summed E-state index contributed by atoms with van der Waals surface area (Å²) in [7, 11) is 0. The number of benzene rings is 1. The molecule has 2 amide bonds. The van der Waals surface area contributed by atoms with E-state index < -0.39 is 0 Å². The van der Waals surface area contributed by atoms with E-state index in [0.29, 0.717) is 30.0 Å². The third kappa shape index (κ3) is 5.41. The first kappa shape index (κ1) is 24.4. The molecule has 0 N–H and O–H groups in total. The van der Waals surface area contributed by atoms with Crippen LogP contribution in [0.5, 0.6) is 5.75 Å². The number of para-hydroxylation sites is 1. The van der Waals surface area contributed by atoms with Gasteiger partial charge in [-0.25, -0.2) is 4.98 Å². The Morgan fingerprint density at radius 1 is 1.06 bits per heavy atom. The van der Waals surface area contributed by atoms with Crippen molar-refractivity contribution in [2.24, 2.45) is 5.41 Å². The van der Waals surface area contributed by atoms with Crippen LogP contribution < -0.4 is 4.74 Å². The van der Waals surface area contributed by atoms with Gasteiger partial charge in [-0.05, 0) is 50.2 Å². The zero-order valence-electron chi connectivity index (χ0n) is 20.6. The van der Waals surface area contributed by atoms with Gasteiger partial charge in [0.1, 0.15) is 21.3 Å². The van der Waals surface area contributed by atoms with Gasteiger partial charge in [-0.1, -0.05) is 18.2 Å². The molecule has 188 valence electrons. The maximum atomic E-state index is 13.3. The number of hydrogen-bond acceptors (Lipinski definition) is 7. The molecule has 9 heteroatoms. The molecule has 5 rings (SSSR count). The molecule has 0 radical (unpaired) electrons. The molecule has 8 nitrogen and oxygen atoms in total. The van der Waals surface area contributed by atoms with Crippen molar-refractivity contribution in [1.29, 1.82) is 0 Å². The Bertz CT molecular complexity index is 1190. The van der Waals surface area contributed by atoms with Crippen LogP contribution in [0, 0.1) is 12.3 Å². The second-order valence-electron chi connectivity index (χ2n) is 9.65. The van der Waals surface area contributed by atoms with Crippen molar-refractivity contribution in [3.8, 4) is 16.5 Å². The van der Waals surface area contributed by atoms with Crippen molar-refractivity contribution < 1.29 is 14.3 Å². The summed E-state index contributed by atoms with van der Waals surface area (Å²) in [6.45, 7) is 5.44. The van der Waals surface area contributed by atoms with Gasteiger partial charge in [0.15, 0.2) is 0 Å². The van der Waals surface area contributed by atoms with Crippen LogP contribution in [0.4, 0.5) is 0 Å². The summed E-state index contributed by atoms with van der Waals surface area (Å²) in [5.41, 5.74) is 1.53. The number of rotatable bonds is 7. The molecule has 2 aliphatic heterocycles. The molecule has 2 fully saturated rings. The van der Waals surface area contributed by atoms with Gasteiger partial charge in [-0.3, -0.25) is 19.6 Å². The highest BCUT2D eigenvalue weighted by atomic mass is 32.1. The van der Waals surface area contributed by atoms with Crippen LogP contribution in [-0.4, -0.2) is 69.4 Å². The van der Waals surface area contributed by atoms with E-state index in [1.54, 1.807) is 18.6 Å². The Morgan fingerprint density at radius 2 is 1.81 bits per heavy atom. The number of ether oxygens (including phenoxy) is 1. The number of amides is 2. The van der Waals surface area contributed by atoms with Crippen molar-refractivity contribution >= 4 is 23.2 Å². The molecule has 0 saturated carbocycles. The van der Waals surface area contributed by atoms with Crippen LogP contribution in [-0.2, 0) is 4.79 Å². The van der Waals surface area contributed by atoms with Crippen molar-refractivity contribution in [1.82, 2.24) is 24.8 Å². The van der Waals surface area contributed by atoms with E-state index in [9.17, 15) is 9.59 Å². The number of thiazole rings is 1. The minimum absolute atomic E-state index is 0.0499. The van der Waals surface area contributed by atoms with Gasteiger partial charge in [-0.2, -0.15) is 0 Å². The Kier molecular flexibility index (Phi) is 7.27. The van der Waals surface area contributed by atoms with Gasteiger partial charge in [-0.15, -0.1) is 11.3 Å². The lowest BCUT2D eigenvalue weighted by atomic mass is 9.77. The molecular formula is C27H31N5O3S. The molecule has 2 saturated heterocycles. The van der Waals surface area contributed by atoms with Gasteiger partial charge in [0.05, 0.1) is 18.5 Å². The predicted octanol–water partition coefficient (Wildman–Crippen LogP) is 4.22. The summed E-state index contributed by atoms with van der Waals surface area (Å²) in [5, 5.41) is 0.721. The number of nitrogens with zero attached hydrogens (tertiary/aromatic N) is 5. The minimum Gasteiger partial charge on any atom is -0.494 e. The van der Waals surface area contributed by atoms with Crippen molar-refractivity contribution in [3.05, 3.63) is 59.5 Å². The number of carbonyl (C=O) groups is 2. The molecular weight excluding hydrogens is 474 g/mol. The van der Waals surface area contributed by atoms with E-state index in [1.807, 2.05) is 47.1 Å². The van der Waals surface area contributed by atoms with Crippen LogP contribution in [0.25, 0.3) is 10.7 Å². The SMILES string of the molecule is Cc1nc(-c2cnccn2)sc1C(=O)N1CCC2(CCN(C(=O)CCCOc3ccccc3)CC2)C1. The lowest BCUT2D eigenvalue weighted by Gasteiger charge is -2.39. The quantitative estimate of drug-likeness (QED) is 0.447. The first-order valence-electron chi connectivity index (χ1n) is 12.5. The van der Waals surface area contributed by atoms with E-state index >= 15 is 0 Å². The van der Waals surface area contributed by atoms with E-state index in [1.165, 1.54) is 11.3 Å². The smallest absolute Gasteiger partial charge is 0.265 e. The third-order valence-corrected chi connectivity index (χ3v) is 8.39. The van der Waals surface area contributed by atoms with Gasteiger partial charge in [0, 0.05) is 45.0 Å². The fourth-order valence-electron chi connectivity index (χ4n) is 5.09. The Hall–Kier alpha value is -3.33. The Balaban J connectivity index is 1.10. The molecule has 2 aliphatic rings. The van der Waals surface area contributed by atoms with Crippen LogP contribution >= 0.6 is 11.3 Å². The molecule has 1 aromatic carbocycles. The molecule has 36 heavy (non-hydrogen) atoms. The van der Waals surface area contributed by atoms with Gasteiger partial charge in [0.2, 0.25) is 5.91 Å². The average Bonchev–Trinajstić information content (AvgIpc) is 3.51. The van der Waals surface area contributed by atoms with E-state index in [-0.39, 0.29) is 17.2 Å². The van der Waals surface area contributed by atoms with Gasteiger partial charge < -0.3 is 14.5 Å². The minimum atomic E-state index is 0.0499. The van der Waals surface area contributed by atoms with E-state index in [2.05, 4.69) is 15.0 Å². The van der Waals surface area contributed by atoms with E-state index in [0.717, 1.165) is 61.9 Å². The first-order valence-corrected chi connectivity index (χ1v) is 13.3. The second-order valence-corrected chi connectivity index (χ2v) is 10.6. The van der Waals surface area contributed by atoms with Crippen LogP contribution in [0.15, 0.2) is 48.9 Å². The molecule has 1 spiro atoms. The molecule has 4 heterocycles. The summed E-state index contributed by atoms with van der Waals surface area (Å²) in [6.07, 6.45) is 9.01. The summed E-state index contributed by atoms with van der Waals surface area (Å²) in [5.74, 6) is 1.09. The average molecular weight is 506 g/mol. The summed E-state index contributed by atoms with van der Waals surface area (Å²) in [4.78, 5) is 43.7.